The molecule has 0 aliphatic carbocycles. The van der Waals surface area contributed by atoms with Crippen LogP contribution in [-0.2, 0) is 16.0 Å². The largest absolute Gasteiger partial charge is 0.493 e. The Labute approximate surface area is 190 Å². The molecule has 0 unspecified atom stereocenters. The van der Waals surface area contributed by atoms with Gasteiger partial charge in [-0.15, -0.1) is 0 Å². The summed E-state index contributed by atoms with van der Waals surface area (Å²) >= 11 is 0. The zero-order valence-corrected chi connectivity index (χ0v) is 18.8. The minimum Gasteiger partial charge on any atom is -0.493 e. The minimum atomic E-state index is -0.288. The first-order valence-corrected chi connectivity index (χ1v) is 10.1. The van der Waals surface area contributed by atoms with Crippen LogP contribution in [0.2, 0.25) is 0 Å². The molecule has 0 bridgehead atoms. The van der Waals surface area contributed by atoms with Gasteiger partial charge in [0.2, 0.25) is 11.7 Å². The minimum absolute atomic E-state index is 0.201. The van der Waals surface area contributed by atoms with E-state index in [1.165, 1.54) is 7.11 Å². The fourth-order valence-electron chi connectivity index (χ4n) is 3.52. The van der Waals surface area contributed by atoms with Crippen molar-refractivity contribution in [3.63, 3.8) is 0 Å². The number of rotatable bonds is 8. The Kier molecular flexibility index (Phi) is 6.30. The number of carbonyl (C=O) groups excluding carboxylic acids is 1. The molecule has 9 heteroatoms. The molecule has 2 heterocycles. The summed E-state index contributed by atoms with van der Waals surface area (Å²) in [7, 11) is 6.06. The van der Waals surface area contributed by atoms with Crippen LogP contribution in [0.4, 0.5) is 11.6 Å². The van der Waals surface area contributed by atoms with Crippen molar-refractivity contribution in [3.05, 3.63) is 60.4 Å². The average Bonchev–Trinajstić information content (AvgIpc) is 3.26. The number of ether oxygens (including phenoxy) is 4. The number of fused-ring (bicyclic) bond motifs is 1. The molecular weight excluding hydrogens is 424 g/mol. The Bertz CT molecular complexity index is 1280. The third-order valence-corrected chi connectivity index (χ3v) is 5.11. The van der Waals surface area contributed by atoms with Gasteiger partial charge in [-0.1, -0.05) is 12.1 Å². The van der Waals surface area contributed by atoms with Crippen LogP contribution in [0.15, 0.2) is 54.9 Å². The van der Waals surface area contributed by atoms with E-state index in [2.05, 4.69) is 10.3 Å². The number of aromatic nitrogens is 3. The van der Waals surface area contributed by atoms with Crippen LogP contribution in [0.3, 0.4) is 0 Å². The van der Waals surface area contributed by atoms with Gasteiger partial charge >= 0.3 is 5.97 Å². The van der Waals surface area contributed by atoms with Crippen molar-refractivity contribution in [1.29, 1.82) is 0 Å². The van der Waals surface area contributed by atoms with Crippen LogP contribution in [0, 0.1) is 0 Å². The molecule has 0 fully saturated rings. The first kappa shape index (κ1) is 21.9. The Balaban J connectivity index is 1.68. The molecule has 0 amide bonds. The molecule has 0 aliphatic heterocycles. The standard InChI is InChI=1S/C24H24N4O5/c1-30-19-12-17(13-20(31-2)22(19)33-4)26-24-25-14-16-8-9-28(23(16)27-24)18-7-5-6-15(10-18)11-21(29)32-3/h5-10,12-14H,11H2,1-4H3,(H,25,26,27). The molecule has 0 aliphatic rings. The maximum atomic E-state index is 11.7. The fraction of sp³-hybridized carbons (Fsp3) is 0.208. The summed E-state index contributed by atoms with van der Waals surface area (Å²) < 4.78 is 22.9. The molecule has 4 aromatic rings. The monoisotopic (exact) mass is 448 g/mol. The molecule has 0 saturated carbocycles. The number of anilines is 2. The predicted molar refractivity (Wildman–Crippen MR) is 124 cm³/mol. The van der Waals surface area contributed by atoms with Gasteiger partial charge in [0.25, 0.3) is 0 Å². The number of hydrogen-bond acceptors (Lipinski definition) is 8. The molecule has 2 aromatic heterocycles. The molecular formula is C24H24N4O5. The number of hydrogen-bond donors (Lipinski definition) is 1. The smallest absolute Gasteiger partial charge is 0.309 e. The maximum absolute atomic E-state index is 11.7. The molecule has 4 rings (SSSR count). The van der Waals surface area contributed by atoms with Gasteiger partial charge in [-0.05, 0) is 23.8 Å². The summed E-state index contributed by atoms with van der Waals surface area (Å²) in [5.74, 6) is 1.66. The molecule has 170 valence electrons. The lowest BCUT2D eigenvalue weighted by Crippen LogP contribution is -2.05. The van der Waals surface area contributed by atoms with Crippen LogP contribution < -0.4 is 19.5 Å². The van der Waals surface area contributed by atoms with Crippen molar-refractivity contribution in [2.75, 3.05) is 33.8 Å². The van der Waals surface area contributed by atoms with E-state index in [-0.39, 0.29) is 12.4 Å². The molecule has 33 heavy (non-hydrogen) atoms. The second-order valence-corrected chi connectivity index (χ2v) is 7.12. The SMILES string of the molecule is COC(=O)Cc1cccc(-n2ccc3cnc(Nc4cc(OC)c(OC)c(OC)c4)nc32)c1. The van der Waals surface area contributed by atoms with E-state index in [0.29, 0.717) is 28.9 Å². The highest BCUT2D eigenvalue weighted by Crippen LogP contribution is 2.40. The number of methoxy groups -OCH3 is 4. The van der Waals surface area contributed by atoms with Crippen LogP contribution in [0.5, 0.6) is 17.2 Å². The summed E-state index contributed by atoms with van der Waals surface area (Å²) in [6.07, 6.45) is 3.86. The van der Waals surface area contributed by atoms with Crippen molar-refractivity contribution in [1.82, 2.24) is 14.5 Å². The third-order valence-electron chi connectivity index (χ3n) is 5.11. The topological polar surface area (TPSA) is 96.7 Å². The zero-order valence-electron chi connectivity index (χ0n) is 18.8. The van der Waals surface area contributed by atoms with Gasteiger partial charge in [0.1, 0.15) is 5.65 Å². The van der Waals surface area contributed by atoms with E-state index in [1.54, 1.807) is 39.7 Å². The van der Waals surface area contributed by atoms with Gasteiger partial charge in [-0.2, -0.15) is 4.98 Å². The lowest BCUT2D eigenvalue weighted by Gasteiger charge is -2.14. The number of carbonyl (C=O) groups is 1. The number of nitrogens with one attached hydrogen (secondary N) is 1. The van der Waals surface area contributed by atoms with Crippen LogP contribution >= 0.6 is 0 Å². The Morgan fingerprint density at radius 2 is 1.76 bits per heavy atom. The number of esters is 1. The Morgan fingerprint density at radius 1 is 1.00 bits per heavy atom. The molecule has 9 nitrogen and oxygen atoms in total. The fourth-order valence-corrected chi connectivity index (χ4v) is 3.52. The zero-order chi connectivity index (χ0) is 23.4. The number of nitrogens with zero attached hydrogens (tertiary/aromatic N) is 3. The quantitative estimate of drug-likeness (QED) is 0.406. The summed E-state index contributed by atoms with van der Waals surface area (Å²) in [5, 5.41) is 4.08. The molecule has 0 saturated heterocycles. The van der Waals surface area contributed by atoms with E-state index in [4.69, 9.17) is 23.9 Å². The number of benzene rings is 2. The van der Waals surface area contributed by atoms with E-state index < -0.39 is 0 Å². The van der Waals surface area contributed by atoms with Gasteiger partial charge in [0, 0.05) is 41.3 Å². The summed E-state index contributed by atoms with van der Waals surface area (Å²) in [4.78, 5) is 20.8. The second kappa shape index (κ2) is 9.47. The molecule has 1 N–H and O–H groups in total. The summed E-state index contributed by atoms with van der Waals surface area (Å²) in [6, 6.07) is 13.2. The first-order valence-electron chi connectivity index (χ1n) is 10.1. The third kappa shape index (κ3) is 4.52. The highest BCUT2D eigenvalue weighted by atomic mass is 16.5. The van der Waals surface area contributed by atoms with E-state index in [1.807, 2.05) is 41.1 Å². The highest BCUT2D eigenvalue weighted by molar-refractivity contribution is 5.79. The maximum Gasteiger partial charge on any atom is 0.309 e. The van der Waals surface area contributed by atoms with Gasteiger partial charge < -0.3 is 28.8 Å². The average molecular weight is 448 g/mol. The van der Waals surface area contributed by atoms with Gasteiger partial charge in [0.05, 0.1) is 34.9 Å². The Morgan fingerprint density at radius 3 is 2.42 bits per heavy atom. The van der Waals surface area contributed by atoms with E-state index in [9.17, 15) is 4.79 Å². The lowest BCUT2D eigenvalue weighted by atomic mass is 10.1. The molecule has 0 radical (unpaired) electrons. The second-order valence-electron chi connectivity index (χ2n) is 7.12. The first-order chi connectivity index (χ1) is 16.1. The normalized spacial score (nSPS) is 10.7. The van der Waals surface area contributed by atoms with Gasteiger partial charge in [-0.25, -0.2) is 4.98 Å². The molecule has 2 aromatic carbocycles. The van der Waals surface area contributed by atoms with E-state index >= 15 is 0 Å². The van der Waals surface area contributed by atoms with Crippen molar-refractivity contribution >= 4 is 28.6 Å². The van der Waals surface area contributed by atoms with Crippen molar-refractivity contribution in [2.24, 2.45) is 0 Å². The molecule has 0 atom stereocenters. The molecule has 0 spiro atoms. The van der Waals surface area contributed by atoms with Crippen LogP contribution in [0.25, 0.3) is 16.7 Å². The van der Waals surface area contributed by atoms with Crippen LogP contribution in [-0.4, -0.2) is 48.9 Å². The van der Waals surface area contributed by atoms with E-state index in [0.717, 1.165) is 22.3 Å². The van der Waals surface area contributed by atoms with Gasteiger partial charge in [-0.3, -0.25) is 4.79 Å². The van der Waals surface area contributed by atoms with Crippen molar-refractivity contribution < 1.29 is 23.7 Å². The van der Waals surface area contributed by atoms with Crippen LogP contribution in [0.1, 0.15) is 5.56 Å². The lowest BCUT2D eigenvalue weighted by molar-refractivity contribution is -0.139. The highest BCUT2D eigenvalue weighted by Gasteiger charge is 2.15. The predicted octanol–water partition coefficient (Wildman–Crippen LogP) is 3.91. The Hall–Kier alpha value is -4.27. The summed E-state index contributed by atoms with van der Waals surface area (Å²) in [6.45, 7) is 0. The summed E-state index contributed by atoms with van der Waals surface area (Å²) in [5.41, 5.74) is 3.13. The van der Waals surface area contributed by atoms with Gasteiger partial charge in [0.15, 0.2) is 11.5 Å². The van der Waals surface area contributed by atoms with Crippen molar-refractivity contribution in [3.8, 4) is 22.9 Å². The van der Waals surface area contributed by atoms with Crippen molar-refractivity contribution in [2.45, 2.75) is 6.42 Å².